The van der Waals surface area contributed by atoms with E-state index in [2.05, 4.69) is 15.3 Å². The maximum absolute atomic E-state index is 11.4. The molecule has 0 aliphatic carbocycles. The Balaban J connectivity index is 2.39. The maximum Gasteiger partial charge on any atom is 0.276 e. The third-order valence-corrected chi connectivity index (χ3v) is 2.13. The molecule has 0 fully saturated rings. The van der Waals surface area contributed by atoms with Crippen molar-refractivity contribution in [3.05, 3.63) is 57.7 Å². The van der Waals surface area contributed by atoms with Crippen LogP contribution in [0.2, 0.25) is 0 Å². The van der Waals surface area contributed by atoms with E-state index in [0.29, 0.717) is 5.69 Å². The maximum atomic E-state index is 11.4. The Bertz CT molecular complexity index is 586. The minimum Gasteiger partial charge on any atom is -0.337 e. The molecule has 0 aliphatic heterocycles. The van der Waals surface area contributed by atoms with Crippen LogP contribution in [0.1, 0.15) is 0 Å². The standard InChI is InChI=1S/C10H8N4OS/c15-9-6-7-11-10(16)14(9)13-12-8-4-2-1-3-5-8/h1-7H,(H,11,16). The highest BCUT2D eigenvalue weighted by atomic mass is 32.1. The lowest BCUT2D eigenvalue weighted by Gasteiger charge is -1.95. The molecule has 0 amide bonds. The van der Waals surface area contributed by atoms with Crippen LogP contribution in [0.4, 0.5) is 5.69 Å². The molecule has 80 valence electrons. The van der Waals surface area contributed by atoms with E-state index in [0.717, 1.165) is 4.68 Å². The van der Waals surface area contributed by atoms with Crippen molar-refractivity contribution in [3.63, 3.8) is 0 Å². The first-order valence-electron chi connectivity index (χ1n) is 4.55. The third-order valence-electron chi connectivity index (χ3n) is 1.84. The molecular formula is C10H8N4OS. The largest absolute Gasteiger partial charge is 0.337 e. The summed E-state index contributed by atoms with van der Waals surface area (Å²) >= 11 is 4.91. The molecule has 5 nitrogen and oxygen atoms in total. The van der Waals surface area contributed by atoms with Gasteiger partial charge in [-0.1, -0.05) is 23.4 Å². The lowest BCUT2D eigenvalue weighted by Crippen LogP contribution is -2.15. The van der Waals surface area contributed by atoms with Gasteiger partial charge < -0.3 is 4.98 Å². The van der Waals surface area contributed by atoms with Crippen LogP contribution in [0.25, 0.3) is 0 Å². The van der Waals surface area contributed by atoms with Crippen molar-refractivity contribution in [2.24, 2.45) is 10.3 Å². The van der Waals surface area contributed by atoms with Gasteiger partial charge in [0.1, 0.15) is 0 Å². The van der Waals surface area contributed by atoms with Gasteiger partial charge in [0.15, 0.2) is 0 Å². The van der Waals surface area contributed by atoms with Crippen LogP contribution in [0.3, 0.4) is 0 Å². The number of aromatic amines is 1. The fourth-order valence-corrected chi connectivity index (χ4v) is 1.29. The average molecular weight is 232 g/mol. The first kappa shape index (κ1) is 10.4. The van der Waals surface area contributed by atoms with E-state index >= 15 is 0 Å². The first-order chi connectivity index (χ1) is 7.77. The summed E-state index contributed by atoms with van der Waals surface area (Å²) in [6, 6.07) is 10.4. The summed E-state index contributed by atoms with van der Waals surface area (Å²) in [7, 11) is 0. The molecule has 0 unspecified atom stereocenters. The number of rotatable bonds is 2. The Morgan fingerprint density at radius 1 is 1.19 bits per heavy atom. The summed E-state index contributed by atoms with van der Waals surface area (Å²) < 4.78 is 1.25. The second-order valence-corrected chi connectivity index (χ2v) is 3.34. The van der Waals surface area contributed by atoms with Gasteiger partial charge in [-0.25, -0.2) is 0 Å². The molecular weight excluding hydrogens is 224 g/mol. The zero-order valence-corrected chi connectivity index (χ0v) is 9.02. The van der Waals surface area contributed by atoms with Crippen molar-refractivity contribution in [1.29, 1.82) is 0 Å². The van der Waals surface area contributed by atoms with Crippen LogP contribution in [0.15, 0.2) is 57.7 Å². The Kier molecular flexibility index (Phi) is 3.02. The van der Waals surface area contributed by atoms with Crippen molar-refractivity contribution >= 4 is 17.9 Å². The summed E-state index contributed by atoms with van der Waals surface area (Å²) in [5.74, 6) is 0. The molecule has 0 bridgehead atoms. The van der Waals surface area contributed by atoms with Gasteiger partial charge in [0, 0.05) is 12.3 Å². The van der Waals surface area contributed by atoms with Gasteiger partial charge >= 0.3 is 0 Å². The topological polar surface area (TPSA) is 62.5 Å². The summed E-state index contributed by atoms with van der Waals surface area (Å²) in [4.78, 5) is 14.1. The molecule has 1 aromatic carbocycles. The minimum absolute atomic E-state index is 0.215. The van der Waals surface area contributed by atoms with E-state index in [-0.39, 0.29) is 10.3 Å². The predicted molar refractivity (Wildman–Crippen MR) is 62.2 cm³/mol. The Morgan fingerprint density at radius 3 is 2.62 bits per heavy atom. The van der Waals surface area contributed by atoms with Crippen molar-refractivity contribution in [2.45, 2.75) is 0 Å². The lowest BCUT2D eigenvalue weighted by molar-refractivity contribution is 0.727. The highest BCUT2D eigenvalue weighted by Crippen LogP contribution is 2.09. The van der Waals surface area contributed by atoms with Crippen LogP contribution in [0, 0.1) is 4.77 Å². The second-order valence-electron chi connectivity index (χ2n) is 2.96. The number of benzene rings is 1. The molecule has 1 aromatic heterocycles. The van der Waals surface area contributed by atoms with E-state index in [1.807, 2.05) is 18.2 Å². The van der Waals surface area contributed by atoms with E-state index in [1.54, 1.807) is 12.1 Å². The molecule has 0 saturated carbocycles. The van der Waals surface area contributed by atoms with E-state index < -0.39 is 0 Å². The van der Waals surface area contributed by atoms with Gasteiger partial charge in [-0.15, -0.1) is 5.11 Å². The van der Waals surface area contributed by atoms with Crippen molar-refractivity contribution in [1.82, 2.24) is 9.66 Å². The highest BCUT2D eigenvalue weighted by Gasteiger charge is 1.94. The molecule has 2 rings (SSSR count). The Hall–Kier alpha value is -2.08. The fourth-order valence-electron chi connectivity index (χ4n) is 1.09. The molecule has 0 atom stereocenters. The Morgan fingerprint density at radius 2 is 1.94 bits per heavy atom. The predicted octanol–water partition coefficient (Wildman–Crippen LogP) is 2.45. The van der Waals surface area contributed by atoms with Gasteiger partial charge in [-0.05, 0) is 24.4 Å². The Labute approximate surface area is 96.1 Å². The molecule has 2 aromatic rings. The van der Waals surface area contributed by atoms with E-state index in [4.69, 9.17) is 12.2 Å². The smallest absolute Gasteiger partial charge is 0.276 e. The summed E-state index contributed by atoms with van der Waals surface area (Å²) in [6.45, 7) is 0. The molecule has 0 aliphatic rings. The van der Waals surface area contributed by atoms with Crippen molar-refractivity contribution in [3.8, 4) is 0 Å². The number of hydrogen-bond donors (Lipinski definition) is 1. The summed E-state index contributed by atoms with van der Waals surface area (Å²) in [5, 5.41) is 7.67. The quantitative estimate of drug-likeness (QED) is 0.638. The normalized spacial score (nSPS) is 10.8. The van der Waals surface area contributed by atoms with Crippen LogP contribution in [-0.4, -0.2) is 9.66 Å². The zero-order valence-electron chi connectivity index (χ0n) is 8.20. The van der Waals surface area contributed by atoms with Gasteiger partial charge in [-0.2, -0.15) is 4.68 Å². The van der Waals surface area contributed by atoms with Crippen LogP contribution in [0.5, 0.6) is 0 Å². The van der Waals surface area contributed by atoms with Gasteiger partial charge in [0.05, 0.1) is 5.69 Å². The van der Waals surface area contributed by atoms with E-state index in [9.17, 15) is 4.79 Å². The number of nitrogens with one attached hydrogen (secondary N) is 1. The highest BCUT2D eigenvalue weighted by molar-refractivity contribution is 7.71. The molecule has 0 spiro atoms. The average Bonchev–Trinajstić information content (AvgIpc) is 2.30. The number of hydrogen-bond acceptors (Lipinski definition) is 4. The molecule has 1 N–H and O–H groups in total. The van der Waals surface area contributed by atoms with Crippen LogP contribution < -0.4 is 5.56 Å². The zero-order chi connectivity index (χ0) is 11.4. The van der Waals surface area contributed by atoms with Gasteiger partial charge in [0.2, 0.25) is 4.77 Å². The second kappa shape index (κ2) is 4.63. The molecule has 1 heterocycles. The van der Waals surface area contributed by atoms with Crippen molar-refractivity contribution in [2.75, 3.05) is 0 Å². The SMILES string of the molecule is O=c1cc[nH]c(=S)n1N=Nc1ccccc1. The van der Waals surface area contributed by atoms with E-state index in [1.165, 1.54) is 12.3 Å². The first-order valence-corrected chi connectivity index (χ1v) is 4.96. The van der Waals surface area contributed by atoms with Gasteiger partial charge in [-0.3, -0.25) is 4.79 Å². The van der Waals surface area contributed by atoms with Crippen molar-refractivity contribution < 1.29 is 0 Å². The summed E-state index contributed by atoms with van der Waals surface area (Å²) in [6.07, 6.45) is 1.47. The molecule has 6 heteroatoms. The lowest BCUT2D eigenvalue weighted by atomic mass is 10.3. The number of nitrogens with zero attached hydrogens (tertiary/aromatic N) is 3. The molecule has 0 saturated heterocycles. The minimum atomic E-state index is -0.316. The molecule has 16 heavy (non-hydrogen) atoms. The summed E-state index contributed by atoms with van der Waals surface area (Å²) in [5.41, 5.74) is 0.344. The van der Waals surface area contributed by atoms with Gasteiger partial charge in [0.25, 0.3) is 5.56 Å². The fraction of sp³-hybridized carbons (Fsp3) is 0. The van der Waals surface area contributed by atoms with Crippen LogP contribution in [-0.2, 0) is 0 Å². The molecule has 0 radical (unpaired) electrons. The number of aromatic nitrogens is 2. The van der Waals surface area contributed by atoms with Crippen LogP contribution >= 0.6 is 12.2 Å². The monoisotopic (exact) mass is 232 g/mol. The number of H-pyrrole nitrogens is 1. The third kappa shape index (κ3) is 2.29.